The molecule has 0 amide bonds. The van der Waals surface area contributed by atoms with Gasteiger partial charge < -0.3 is 16.8 Å². The second-order valence-electron chi connectivity index (χ2n) is 8.08. The number of halogens is 1. The molecule has 5 aromatic rings. The summed E-state index contributed by atoms with van der Waals surface area (Å²) in [7, 11) is 0. The van der Waals surface area contributed by atoms with Crippen molar-refractivity contribution in [3.05, 3.63) is 111 Å². The fourth-order valence-electron chi connectivity index (χ4n) is 3.99. The minimum absolute atomic E-state index is 0. The first-order valence-electron chi connectivity index (χ1n) is 10.8. The zero-order valence-corrected chi connectivity index (χ0v) is 20.2. The van der Waals surface area contributed by atoms with E-state index in [4.69, 9.17) is 17.3 Å². The first kappa shape index (κ1) is 25.3. The number of hydrogen-bond donors (Lipinski definition) is 2. The van der Waals surface area contributed by atoms with E-state index in [0.717, 1.165) is 16.6 Å². The van der Waals surface area contributed by atoms with Crippen LogP contribution in [0.25, 0.3) is 22.3 Å². The molecule has 176 valence electrons. The molecule has 3 aromatic carbocycles. The van der Waals surface area contributed by atoms with Crippen molar-refractivity contribution in [1.29, 1.82) is 0 Å². The van der Waals surface area contributed by atoms with Gasteiger partial charge >= 0.3 is 24.8 Å². The van der Waals surface area contributed by atoms with Crippen molar-refractivity contribution in [2.75, 3.05) is 5.73 Å². The van der Waals surface area contributed by atoms with E-state index < -0.39 is 5.97 Å². The van der Waals surface area contributed by atoms with Gasteiger partial charge in [-0.05, 0) is 53.6 Å². The molecular formula is C26H21ClLiN5O3. The van der Waals surface area contributed by atoms with Crippen LogP contribution >= 0.6 is 11.6 Å². The standard InChI is InChI=1S/C26H20ClN5O3.Li.H/c27-20-9-8-17(14-31-23-7-2-1-6-22(23)29-26(31)28)13-19(20)21-10-11-24(33)32(30-21)15-16-4-3-5-18(12-16)25(34)35;;/h1-13H,14-15H2,(H2,28,29)(H,34,35);;/q;+1;-1. The molecule has 0 aliphatic carbocycles. The summed E-state index contributed by atoms with van der Waals surface area (Å²) in [4.78, 5) is 28.2. The zero-order valence-electron chi connectivity index (χ0n) is 20.4. The number of aromatic carboxylic acids is 1. The average molecular weight is 494 g/mol. The van der Waals surface area contributed by atoms with Crippen LogP contribution in [-0.2, 0) is 13.1 Å². The second kappa shape index (κ2) is 10.4. The summed E-state index contributed by atoms with van der Waals surface area (Å²) in [6.07, 6.45) is 0. The van der Waals surface area contributed by atoms with Gasteiger partial charge in [0.2, 0.25) is 5.95 Å². The Morgan fingerprint density at radius 3 is 2.56 bits per heavy atom. The number of fused-ring (bicyclic) bond motifs is 1. The molecule has 0 saturated heterocycles. The Bertz CT molecular complexity index is 1650. The molecule has 0 atom stereocenters. The summed E-state index contributed by atoms with van der Waals surface area (Å²) in [6, 6.07) is 22.8. The number of imidazole rings is 1. The second-order valence-corrected chi connectivity index (χ2v) is 8.49. The number of carboxylic acids is 1. The van der Waals surface area contributed by atoms with Crippen molar-refractivity contribution >= 4 is 34.6 Å². The van der Waals surface area contributed by atoms with Crippen molar-refractivity contribution in [2.45, 2.75) is 13.1 Å². The number of hydrogen-bond acceptors (Lipinski definition) is 5. The number of nitrogens with zero attached hydrogens (tertiary/aromatic N) is 4. The third-order valence-electron chi connectivity index (χ3n) is 5.70. The Morgan fingerprint density at radius 2 is 1.75 bits per heavy atom. The first-order valence-corrected chi connectivity index (χ1v) is 11.2. The molecule has 0 radical (unpaired) electrons. The van der Waals surface area contributed by atoms with E-state index >= 15 is 0 Å². The molecule has 5 rings (SSSR count). The summed E-state index contributed by atoms with van der Waals surface area (Å²) in [6.45, 7) is 0.612. The smallest absolute Gasteiger partial charge is 1.00 e. The van der Waals surface area contributed by atoms with Crippen molar-refractivity contribution in [1.82, 2.24) is 19.3 Å². The summed E-state index contributed by atoms with van der Waals surface area (Å²) >= 11 is 6.51. The predicted octanol–water partition coefficient (Wildman–Crippen LogP) is 1.41. The van der Waals surface area contributed by atoms with Crippen LogP contribution in [0.2, 0.25) is 5.02 Å². The molecule has 0 bridgehead atoms. The quantitative estimate of drug-likeness (QED) is 0.345. The van der Waals surface area contributed by atoms with Crippen molar-refractivity contribution in [2.24, 2.45) is 0 Å². The number of nitrogen functional groups attached to an aromatic ring is 1. The predicted molar refractivity (Wildman–Crippen MR) is 136 cm³/mol. The largest absolute Gasteiger partial charge is 1.00 e. The molecule has 0 saturated carbocycles. The van der Waals surface area contributed by atoms with E-state index in [1.165, 1.54) is 22.9 Å². The van der Waals surface area contributed by atoms with Gasteiger partial charge in [0, 0.05) is 11.6 Å². The summed E-state index contributed by atoms with van der Waals surface area (Å²) in [5, 5.41) is 14.2. The van der Waals surface area contributed by atoms with Crippen LogP contribution in [-0.4, -0.2) is 30.4 Å². The van der Waals surface area contributed by atoms with Gasteiger partial charge in [0.25, 0.3) is 5.56 Å². The number of anilines is 1. The molecule has 0 aliphatic rings. The fraction of sp³-hybridized carbons (Fsp3) is 0.0769. The molecule has 36 heavy (non-hydrogen) atoms. The maximum absolute atomic E-state index is 12.5. The van der Waals surface area contributed by atoms with Crippen LogP contribution in [0.5, 0.6) is 0 Å². The van der Waals surface area contributed by atoms with Gasteiger partial charge in [0.1, 0.15) is 0 Å². The molecule has 10 heteroatoms. The minimum Gasteiger partial charge on any atom is -1.00 e. The van der Waals surface area contributed by atoms with Gasteiger partial charge in [-0.3, -0.25) is 4.79 Å². The van der Waals surface area contributed by atoms with E-state index in [9.17, 15) is 14.7 Å². The van der Waals surface area contributed by atoms with E-state index in [0.29, 0.717) is 34.3 Å². The van der Waals surface area contributed by atoms with Crippen molar-refractivity contribution in [3.8, 4) is 11.3 Å². The van der Waals surface area contributed by atoms with E-state index in [1.807, 2.05) is 41.0 Å². The number of aromatic nitrogens is 4. The third kappa shape index (κ3) is 5.07. The van der Waals surface area contributed by atoms with Gasteiger partial charge in [-0.1, -0.05) is 41.9 Å². The molecule has 2 heterocycles. The molecule has 2 aromatic heterocycles. The Morgan fingerprint density at radius 1 is 0.972 bits per heavy atom. The first-order chi connectivity index (χ1) is 16.9. The topological polar surface area (TPSA) is 116 Å². The van der Waals surface area contributed by atoms with Crippen molar-refractivity contribution in [3.63, 3.8) is 0 Å². The van der Waals surface area contributed by atoms with Gasteiger partial charge in [0.15, 0.2) is 0 Å². The Kier molecular flexibility index (Phi) is 7.31. The van der Waals surface area contributed by atoms with Crippen LogP contribution < -0.4 is 30.2 Å². The van der Waals surface area contributed by atoms with Crippen LogP contribution in [0.4, 0.5) is 5.95 Å². The molecule has 0 fully saturated rings. The number of para-hydroxylation sites is 2. The molecular weight excluding hydrogens is 473 g/mol. The van der Waals surface area contributed by atoms with Crippen molar-refractivity contribution < 1.29 is 30.2 Å². The van der Waals surface area contributed by atoms with E-state index in [1.54, 1.807) is 24.3 Å². The van der Waals surface area contributed by atoms with E-state index in [-0.39, 0.29) is 38.0 Å². The molecule has 3 N–H and O–H groups in total. The van der Waals surface area contributed by atoms with Crippen LogP contribution in [0.1, 0.15) is 22.9 Å². The number of rotatable bonds is 6. The maximum atomic E-state index is 12.5. The maximum Gasteiger partial charge on any atom is 1.00 e. The minimum atomic E-state index is -1.03. The van der Waals surface area contributed by atoms with Crippen LogP contribution in [0, 0.1) is 0 Å². The number of benzene rings is 3. The fourth-order valence-corrected chi connectivity index (χ4v) is 4.21. The normalized spacial score (nSPS) is 10.8. The SMILES string of the molecule is Nc1nc2ccccc2n1Cc1ccc(Cl)c(-c2ccc(=O)n(Cc3cccc(C(=O)O)c3)n2)c1.[H-].[Li+]. The molecule has 0 aliphatic heterocycles. The molecule has 0 spiro atoms. The average Bonchev–Trinajstić information content (AvgIpc) is 3.17. The Labute approximate surface area is 224 Å². The third-order valence-corrected chi connectivity index (χ3v) is 6.03. The van der Waals surface area contributed by atoms with E-state index in [2.05, 4.69) is 10.1 Å². The van der Waals surface area contributed by atoms with Crippen LogP contribution in [0.15, 0.2) is 83.7 Å². The Balaban J connectivity index is 0.00000190. The zero-order chi connectivity index (χ0) is 24.5. The van der Waals surface area contributed by atoms with Gasteiger partial charge in [-0.15, -0.1) is 0 Å². The molecule has 8 nitrogen and oxygen atoms in total. The number of carbonyl (C=O) groups is 1. The van der Waals surface area contributed by atoms with Gasteiger partial charge in [-0.25, -0.2) is 14.5 Å². The monoisotopic (exact) mass is 493 g/mol. The molecule has 0 unspecified atom stereocenters. The summed E-state index contributed by atoms with van der Waals surface area (Å²) < 4.78 is 3.22. The number of nitrogens with two attached hydrogens (primary N) is 1. The summed E-state index contributed by atoms with van der Waals surface area (Å²) in [5.74, 6) is -0.617. The Hall–Kier alpha value is -3.83. The van der Waals surface area contributed by atoms with Gasteiger partial charge in [-0.2, -0.15) is 5.10 Å². The summed E-state index contributed by atoms with van der Waals surface area (Å²) in [5.41, 5.74) is 10.5. The van der Waals surface area contributed by atoms with Crippen LogP contribution in [0.3, 0.4) is 0 Å². The number of carboxylic acid groups (broad SMARTS) is 1. The van der Waals surface area contributed by atoms with Gasteiger partial charge in [0.05, 0.1) is 40.4 Å².